The molecule has 1 unspecified atom stereocenters. The highest BCUT2D eigenvalue weighted by Crippen LogP contribution is 2.17. The van der Waals surface area contributed by atoms with Crippen molar-refractivity contribution in [2.45, 2.75) is 33.4 Å². The van der Waals surface area contributed by atoms with Crippen molar-refractivity contribution in [3.63, 3.8) is 0 Å². The van der Waals surface area contributed by atoms with Gasteiger partial charge in [0, 0.05) is 18.1 Å². The van der Waals surface area contributed by atoms with Crippen molar-refractivity contribution in [1.82, 2.24) is 10.2 Å². The van der Waals surface area contributed by atoms with E-state index in [2.05, 4.69) is 5.32 Å². The molecule has 0 heterocycles. The highest BCUT2D eigenvalue weighted by atomic mass is 35.5. The Morgan fingerprint density at radius 1 is 1.07 bits per heavy atom. The van der Waals surface area contributed by atoms with E-state index in [1.54, 1.807) is 31.2 Å². The number of nitrogens with one attached hydrogen (secondary N) is 1. The summed E-state index contributed by atoms with van der Waals surface area (Å²) in [6.07, 6.45) is 0. The number of benzene rings is 2. The molecule has 0 bridgehead atoms. The van der Waals surface area contributed by atoms with Gasteiger partial charge in [0.15, 0.2) is 6.61 Å². The molecule has 2 amide bonds. The van der Waals surface area contributed by atoms with Gasteiger partial charge in [-0.05, 0) is 36.6 Å². The van der Waals surface area contributed by atoms with Crippen LogP contribution in [-0.4, -0.2) is 35.9 Å². The predicted molar refractivity (Wildman–Crippen MR) is 111 cm³/mol. The van der Waals surface area contributed by atoms with Crippen LogP contribution in [0.5, 0.6) is 5.75 Å². The molecule has 5 nitrogen and oxygen atoms in total. The van der Waals surface area contributed by atoms with Gasteiger partial charge >= 0.3 is 0 Å². The molecule has 0 radical (unpaired) electrons. The number of amides is 2. The van der Waals surface area contributed by atoms with Crippen LogP contribution in [0.4, 0.5) is 0 Å². The van der Waals surface area contributed by atoms with Crippen LogP contribution >= 0.6 is 11.6 Å². The molecule has 0 aliphatic carbocycles. The van der Waals surface area contributed by atoms with Crippen molar-refractivity contribution in [3.05, 3.63) is 65.2 Å². The Kier molecular flexibility index (Phi) is 8.33. The highest BCUT2D eigenvalue weighted by molar-refractivity contribution is 6.30. The number of carbonyl (C=O) groups excluding carboxylic acids is 2. The van der Waals surface area contributed by atoms with Crippen LogP contribution in [0.15, 0.2) is 54.6 Å². The molecule has 0 aromatic heterocycles. The Morgan fingerprint density at radius 3 is 2.43 bits per heavy atom. The second-order valence-corrected chi connectivity index (χ2v) is 7.50. The summed E-state index contributed by atoms with van der Waals surface area (Å²) in [7, 11) is 0. The summed E-state index contributed by atoms with van der Waals surface area (Å²) in [5.41, 5.74) is 0.946. The SMILES string of the molecule is CC(C)CNC(=O)C(C)N(Cc1ccccc1)C(=O)COc1cccc(Cl)c1. The number of rotatable bonds is 9. The van der Waals surface area contributed by atoms with Crippen LogP contribution in [0, 0.1) is 5.92 Å². The molecule has 0 saturated heterocycles. The second kappa shape index (κ2) is 10.7. The fourth-order valence-corrected chi connectivity index (χ4v) is 2.78. The average molecular weight is 403 g/mol. The van der Waals surface area contributed by atoms with Gasteiger partial charge in [-0.3, -0.25) is 9.59 Å². The Hall–Kier alpha value is -2.53. The van der Waals surface area contributed by atoms with Gasteiger partial charge in [-0.15, -0.1) is 0 Å². The molecule has 0 fully saturated rings. The summed E-state index contributed by atoms with van der Waals surface area (Å²) in [5.74, 6) is 0.398. The lowest BCUT2D eigenvalue weighted by Gasteiger charge is -2.29. The predicted octanol–water partition coefficient (Wildman–Crippen LogP) is 3.91. The Bertz CT molecular complexity index is 780. The van der Waals surface area contributed by atoms with E-state index in [1.807, 2.05) is 44.2 Å². The molecule has 1 atom stereocenters. The van der Waals surface area contributed by atoms with E-state index in [1.165, 1.54) is 4.90 Å². The van der Waals surface area contributed by atoms with Crippen LogP contribution in [0.1, 0.15) is 26.3 Å². The van der Waals surface area contributed by atoms with Crippen LogP contribution in [0.25, 0.3) is 0 Å². The van der Waals surface area contributed by atoms with Crippen LogP contribution in [0.3, 0.4) is 0 Å². The van der Waals surface area contributed by atoms with E-state index < -0.39 is 6.04 Å². The number of carbonyl (C=O) groups is 2. The van der Waals surface area contributed by atoms with Gasteiger partial charge < -0.3 is 15.0 Å². The maximum absolute atomic E-state index is 12.9. The minimum Gasteiger partial charge on any atom is -0.484 e. The van der Waals surface area contributed by atoms with Gasteiger partial charge in [-0.25, -0.2) is 0 Å². The van der Waals surface area contributed by atoms with Crippen molar-refractivity contribution in [1.29, 1.82) is 0 Å². The molecule has 1 N–H and O–H groups in total. The van der Waals surface area contributed by atoms with Gasteiger partial charge in [0.05, 0.1) is 0 Å². The van der Waals surface area contributed by atoms with E-state index in [4.69, 9.17) is 16.3 Å². The largest absolute Gasteiger partial charge is 0.484 e. The summed E-state index contributed by atoms with van der Waals surface area (Å²) in [4.78, 5) is 27.0. The van der Waals surface area contributed by atoms with Crippen molar-refractivity contribution < 1.29 is 14.3 Å². The average Bonchev–Trinajstić information content (AvgIpc) is 2.68. The maximum Gasteiger partial charge on any atom is 0.261 e. The standard InChI is InChI=1S/C22H27ClN2O3/c1-16(2)13-24-22(27)17(3)25(14-18-8-5-4-6-9-18)21(26)15-28-20-11-7-10-19(23)12-20/h4-12,16-17H,13-15H2,1-3H3,(H,24,27). The molecular formula is C22H27ClN2O3. The summed E-state index contributed by atoms with van der Waals surface area (Å²) >= 11 is 5.95. The number of nitrogens with zero attached hydrogens (tertiary/aromatic N) is 1. The first-order valence-corrected chi connectivity index (χ1v) is 9.74. The highest BCUT2D eigenvalue weighted by Gasteiger charge is 2.26. The molecule has 0 spiro atoms. The zero-order valence-electron chi connectivity index (χ0n) is 16.5. The molecule has 150 valence electrons. The Labute approximate surface area is 171 Å². The van der Waals surface area contributed by atoms with Gasteiger partial charge in [-0.2, -0.15) is 0 Å². The Morgan fingerprint density at radius 2 is 1.79 bits per heavy atom. The van der Waals surface area contributed by atoms with Crippen LogP contribution in [0.2, 0.25) is 5.02 Å². The normalized spacial score (nSPS) is 11.8. The van der Waals surface area contributed by atoms with E-state index in [0.717, 1.165) is 5.56 Å². The summed E-state index contributed by atoms with van der Waals surface area (Å²) in [6, 6.07) is 15.8. The number of ether oxygens (including phenoxy) is 1. The van der Waals surface area contributed by atoms with Crippen molar-refractivity contribution in [3.8, 4) is 5.75 Å². The lowest BCUT2D eigenvalue weighted by molar-refractivity contribution is -0.142. The number of hydrogen-bond donors (Lipinski definition) is 1. The quantitative estimate of drug-likeness (QED) is 0.691. The fourth-order valence-electron chi connectivity index (χ4n) is 2.60. The fraction of sp³-hybridized carbons (Fsp3) is 0.364. The summed E-state index contributed by atoms with van der Waals surface area (Å²) in [5, 5.41) is 3.43. The zero-order chi connectivity index (χ0) is 20.5. The number of halogens is 1. The lowest BCUT2D eigenvalue weighted by atomic mass is 10.1. The molecule has 28 heavy (non-hydrogen) atoms. The molecule has 6 heteroatoms. The first kappa shape index (κ1) is 21.8. The first-order chi connectivity index (χ1) is 13.4. The smallest absolute Gasteiger partial charge is 0.261 e. The van der Waals surface area contributed by atoms with E-state index in [0.29, 0.717) is 29.8 Å². The van der Waals surface area contributed by atoms with E-state index in [9.17, 15) is 9.59 Å². The summed E-state index contributed by atoms with van der Waals surface area (Å²) in [6.45, 7) is 6.50. The molecule has 2 rings (SSSR count). The zero-order valence-corrected chi connectivity index (χ0v) is 17.3. The second-order valence-electron chi connectivity index (χ2n) is 7.07. The van der Waals surface area contributed by atoms with Crippen molar-refractivity contribution in [2.75, 3.05) is 13.2 Å². The van der Waals surface area contributed by atoms with Crippen molar-refractivity contribution in [2.24, 2.45) is 5.92 Å². The molecule has 2 aromatic rings. The number of hydrogen-bond acceptors (Lipinski definition) is 3. The topological polar surface area (TPSA) is 58.6 Å². The van der Waals surface area contributed by atoms with Gasteiger partial charge in [0.1, 0.15) is 11.8 Å². The van der Waals surface area contributed by atoms with Crippen LogP contribution < -0.4 is 10.1 Å². The molecule has 2 aromatic carbocycles. The van der Waals surface area contributed by atoms with Crippen LogP contribution in [-0.2, 0) is 16.1 Å². The maximum atomic E-state index is 12.9. The van der Waals surface area contributed by atoms with Gasteiger partial charge in [0.2, 0.25) is 5.91 Å². The monoisotopic (exact) mass is 402 g/mol. The van der Waals surface area contributed by atoms with E-state index >= 15 is 0 Å². The van der Waals surface area contributed by atoms with Crippen molar-refractivity contribution >= 4 is 23.4 Å². The third kappa shape index (κ3) is 6.89. The molecule has 0 aliphatic heterocycles. The molecule has 0 aliphatic rings. The Balaban J connectivity index is 2.09. The third-order valence-electron chi connectivity index (χ3n) is 4.21. The first-order valence-electron chi connectivity index (χ1n) is 9.36. The summed E-state index contributed by atoms with van der Waals surface area (Å²) < 4.78 is 5.59. The minimum atomic E-state index is -0.616. The third-order valence-corrected chi connectivity index (χ3v) is 4.44. The van der Waals surface area contributed by atoms with Gasteiger partial charge in [0.25, 0.3) is 5.91 Å². The van der Waals surface area contributed by atoms with E-state index in [-0.39, 0.29) is 18.4 Å². The molecular weight excluding hydrogens is 376 g/mol. The van der Waals surface area contributed by atoms with Gasteiger partial charge in [-0.1, -0.05) is 61.8 Å². The lowest BCUT2D eigenvalue weighted by Crippen LogP contribution is -2.49. The minimum absolute atomic E-state index is 0.172. The molecule has 0 saturated carbocycles.